The quantitative estimate of drug-likeness (QED) is 0.572. The molecule has 0 N–H and O–H groups in total. The number of rotatable bonds is 4. The number of alkyl halides is 1. The van der Waals surface area contributed by atoms with Gasteiger partial charge in [0.2, 0.25) is 0 Å². The predicted molar refractivity (Wildman–Crippen MR) is 91.6 cm³/mol. The van der Waals surface area contributed by atoms with Crippen LogP contribution in [0.4, 0.5) is 0 Å². The van der Waals surface area contributed by atoms with E-state index in [1.54, 1.807) is 7.11 Å². The Labute approximate surface area is 145 Å². The summed E-state index contributed by atoms with van der Waals surface area (Å²) < 4.78 is 11.3. The summed E-state index contributed by atoms with van der Waals surface area (Å²) >= 11 is 3.95. The predicted octanol–water partition coefficient (Wildman–Crippen LogP) is 4.47. The zero-order valence-corrected chi connectivity index (χ0v) is 15.1. The molecule has 0 spiro atoms. The molecule has 0 amide bonds. The largest absolute Gasteiger partial charge is 0.496 e. The van der Waals surface area contributed by atoms with Crippen molar-refractivity contribution in [2.75, 3.05) is 7.11 Å². The van der Waals surface area contributed by atoms with E-state index in [0.717, 1.165) is 30.6 Å². The van der Waals surface area contributed by atoms with Crippen LogP contribution in [0.5, 0.6) is 5.75 Å². The second kappa shape index (κ2) is 5.51. The molecule has 124 valence electrons. The van der Waals surface area contributed by atoms with Crippen molar-refractivity contribution in [2.24, 2.45) is 17.3 Å². The van der Waals surface area contributed by atoms with E-state index in [1.807, 2.05) is 24.3 Å². The maximum atomic E-state index is 12.9. The van der Waals surface area contributed by atoms with E-state index in [9.17, 15) is 4.79 Å². The van der Waals surface area contributed by atoms with Crippen molar-refractivity contribution >= 4 is 21.9 Å². The van der Waals surface area contributed by atoms with Gasteiger partial charge in [0.15, 0.2) is 0 Å². The fourth-order valence-electron chi connectivity index (χ4n) is 5.51. The van der Waals surface area contributed by atoms with E-state index in [1.165, 1.54) is 19.3 Å². The van der Waals surface area contributed by atoms with Crippen LogP contribution in [0.2, 0.25) is 0 Å². The van der Waals surface area contributed by atoms with Crippen LogP contribution in [-0.4, -0.2) is 17.4 Å². The van der Waals surface area contributed by atoms with Gasteiger partial charge in [-0.1, -0.05) is 34.1 Å². The number of ether oxygens (including phenoxy) is 2. The molecule has 0 radical (unpaired) electrons. The Hall–Kier alpha value is -1.03. The third-order valence-electron chi connectivity index (χ3n) is 5.97. The van der Waals surface area contributed by atoms with Crippen LogP contribution in [0, 0.1) is 17.3 Å². The standard InChI is InChI=1S/C19H23BrO3/c1-22-16-5-3-2-4-15(16)11-23-17(21)18-7-13-6-14(8-18)10-19(20,9-13)12-18/h2-5,13-14H,6-12H2,1H3/t13-,14+,18?,19?. The van der Waals surface area contributed by atoms with Gasteiger partial charge in [-0.05, 0) is 56.4 Å². The van der Waals surface area contributed by atoms with Crippen molar-refractivity contribution in [3.8, 4) is 5.75 Å². The summed E-state index contributed by atoms with van der Waals surface area (Å²) in [6, 6.07) is 7.74. The lowest BCUT2D eigenvalue weighted by molar-refractivity contribution is -0.170. The van der Waals surface area contributed by atoms with Crippen LogP contribution in [0.3, 0.4) is 0 Å². The van der Waals surface area contributed by atoms with E-state index in [4.69, 9.17) is 9.47 Å². The van der Waals surface area contributed by atoms with Gasteiger partial charge >= 0.3 is 5.97 Å². The average molecular weight is 379 g/mol. The summed E-state index contributed by atoms with van der Waals surface area (Å²) in [7, 11) is 1.65. The smallest absolute Gasteiger partial charge is 0.312 e. The molecule has 1 aromatic rings. The Morgan fingerprint density at radius 1 is 1.22 bits per heavy atom. The number of esters is 1. The number of methoxy groups -OCH3 is 1. The Balaban J connectivity index is 1.49. The molecular formula is C19H23BrO3. The van der Waals surface area contributed by atoms with Gasteiger partial charge in [-0.3, -0.25) is 4.79 Å². The maximum absolute atomic E-state index is 12.9. The summed E-state index contributed by atoms with van der Waals surface area (Å²) in [5.74, 6) is 2.16. The molecule has 0 aromatic heterocycles. The van der Waals surface area contributed by atoms with Crippen molar-refractivity contribution in [3.63, 3.8) is 0 Å². The lowest BCUT2D eigenvalue weighted by Crippen LogP contribution is -2.56. The number of hydrogen-bond donors (Lipinski definition) is 0. The first-order valence-corrected chi connectivity index (χ1v) is 9.29. The van der Waals surface area contributed by atoms with Crippen LogP contribution in [0.25, 0.3) is 0 Å². The molecule has 0 aliphatic heterocycles. The number of carbonyl (C=O) groups excluding carboxylic acids is 1. The molecular weight excluding hydrogens is 356 g/mol. The molecule has 4 atom stereocenters. The molecule has 3 nitrogen and oxygen atoms in total. The van der Waals surface area contributed by atoms with Crippen LogP contribution < -0.4 is 4.74 Å². The Morgan fingerprint density at radius 2 is 1.91 bits per heavy atom. The Bertz CT molecular complexity index is 613. The highest BCUT2D eigenvalue weighted by Crippen LogP contribution is 2.64. The first-order chi connectivity index (χ1) is 11.0. The van der Waals surface area contributed by atoms with E-state index in [-0.39, 0.29) is 15.7 Å². The molecule has 4 aliphatic carbocycles. The van der Waals surface area contributed by atoms with Crippen molar-refractivity contribution in [3.05, 3.63) is 29.8 Å². The van der Waals surface area contributed by atoms with Crippen LogP contribution in [0.1, 0.15) is 44.1 Å². The molecule has 0 heterocycles. The van der Waals surface area contributed by atoms with Crippen LogP contribution in [0.15, 0.2) is 24.3 Å². The SMILES string of the molecule is COc1ccccc1COC(=O)C12C[C@@H]3C[C@@H](CC(Br)(C3)C1)C2. The fraction of sp³-hybridized carbons (Fsp3) is 0.632. The first-order valence-electron chi connectivity index (χ1n) is 8.50. The highest BCUT2D eigenvalue weighted by Gasteiger charge is 2.60. The van der Waals surface area contributed by atoms with Gasteiger partial charge in [0.05, 0.1) is 12.5 Å². The Morgan fingerprint density at radius 3 is 2.57 bits per heavy atom. The number of hydrogen-bond acceptors (Lipinski definition) is 3. The van der Waals surface area contributed by atoms with Gasteiger partial charge in [-0.2, -0.15) is 0 Å². The first kappa shape index (κ1) is 15.5. The molecule has 1 aromatic carbocycles. The molecule has 5 rings (SSSR count). The van der Waals surface area contributed by atoms with Gasteiger partial charge in [-0.15, -0.1) is 0 Å². The summed E-state index contributed by atoms with van der Waals surface area (Å²) in [5.41, 5.74) is 0.678. The van der Waals surface area contributed by atoms with Crippen molar-refractivity contribution < 1.29 is 14.3 Å². The molecule has 4 fully saturated rings. The summed E-state index contributed by atoms with van der Waals surface area (Å²) in [4.78, 5) is 12.9. The highest BCUT2D eigenvalue weighted by atomic mass is 79.9. The summed E-state index contributed by atoms with van der Waals surface area (Å²) in [5, 5.41) is 0. The lowest BCUT2D eigenvalue weighted by Gasteiger charge is -2.58. The maximum Gasteiger partial charge on any atom is 0.312 e. The topological polar surface area (TPSA) is 35.5 Å². The minimum Gasteiger partial charge on any atom is -0.496 e. The van der Waals surface area contributed by atoms with Crippen LogP contribution in [-0.2, 0) is 16.1 Å². The zero-order chi connectivity index (χ0) is 16.1. The summed E-state index contributed by atoms with van der Waals surface area (Å²) in [6.45, 7) is 0.301. The molecule has 4 aliphatic rings. The highest BCUT2D eigenvalue weighted by molar-refractivity contribution is 9.10. The molecule has 0 saturated heterocycles. The van der Waals surface area contributed by atoms with Gasteiger partial charge in [0, 0.05) is 9.89 Å². The van der Waals surface area contributed by atoms with Crippen molar-refractivity contribution in [1.29, 1.82) is 0 Å². The molecule has 2 unspecified atom stereocenters. The Kier molecular flexibility index (Phi) is 3.71. The molecule has 4 saturated carbocycles. The minimum absolute atomic E-state index is 0.00123. The average Bonchev–Trinajstić information content (AvgIpc) is 2.50. The monoisotopic (exact) mass is 378 g/mol. The van der Waals surface area contributed by atoms with E-state index >= 15 is 0 Å². The number of halogens is 1. The zero-order valence-electron chi connectivity index (χ0n) is 13.5. The second-order valence-corrected chi connectivity index (χ2v) is 9.46. The van der Waals surface area contributed by atoms with Gasteiger partial charge in [0.1, 0.15) is 12.4 Å². The van der Waals surface area contributed by atoms with E-state index < -0.39 is 0 Å². The molecule has 4 heteroatoms. The van der Waals surface area contributed by atoms with Gasteiger partial charge in [-0.25, -0.2) is 0 Å². The fourth-order valence-corrected chi connectivity index (χ4v) is 6.96. The lowest BCUT2D eigenvalue weighted by atomic mass is 9.49. The van der Waals surface area contributed by atoms with Crippen LogP contribution >= 0.6 is 15.9 Å². The minimum atomic E-state index is -0.254. The van der Waals surface area contributed by atoms with Gasteiger partial charge in [0.25, 0.3) is 0 Å². The molecule has 4 bridgehead atoms. The van der Waals surface area contributed by atoms with Crippen molar-refractivity contribution in [2.45, 2.75) is 49.5 Å². The normalized spacial score (nSPS) is 37.7. The van der Waals surface area contributed by atoms with Gasteiger partial charge < -0.3 is 9.47 Å². The van der Waals surface area contributed by atoms with E-state index in [2.05, 4.69) is 15.9 Å². The number of benzene rings is 1. The molecule has 23 heavy (non-hydrogen) atoms. The third-order valence-corrected chi connectivity index (χ3v) is 6.90. The van der Waals surface area contributed by atoms with E-state index in [0.29, 0.717) is 18.4 Å². The second-order valence-electron chi connectivity index (χ2n) is 7.78. The third kappa shape index (κ3) is 2.69. The number of carbonyl (C=O) groups is 1. The summed E-state index contributed by atoms with van der Waals surface area (Å²) in [6.07, 6.45) is 6.73. The number of para-hydroxylation sites is 1. The van der Waals surface area contributed by atoms with Crippen molar-refractivity contribution in [1.82, 2.24) is 0 Å².